The van der Waals surface area contributed by atoms with E-state index in [0.717, 1.165) is 0 Å². The Labute approximate surface area is 53.3 Å². The number of hydrogen-bond donors (Lipinski definition) is 0. The van der Waals surface area contributed by atoms with Crippen molar-refractivity contribution in [3.8, 4) is 0 Å². The molecule has 0 unspecified atom stereocenters. The van der Waals surface area contributed by atoms with Crippen molar-refractivity contribution in [1.82, 2.24) is 0 Å². The normalized spacial score (nSPS) is 11.2. The zero-order chi connectivity index (χ0) is 7.28. The molecule has 0 aliphatic rings. The second-order valence-corrected chi connectivity index (χ2v) is 1.52. The maximum atomic E-state index is 12.1. The summed E-state index contributed by atoms with van der Waals surface area (Å²) in [5.41, 5.74) is 0. The van der Waals surface area contributed by atoms with Gasteiger partial charge in [0.25, 0.3) is 0 Å². The van der Waals surface area contributed by atoms with Crippen LogP contribution in [0.25, 0.3) is 0 Å². The summed E-state index contributed by atoms with van der Waals surface area (Å²) in [5.74, 6) is -0.891. The third kappa shape index (κ3) is 5.00. The van der Waals surface area contributed by atoms with Crippen molar-refractivity contribution >= 4 is 5.97 Å². The molecule has 0 aliphatic carbocycles. The van der Waals surface area contributed by atoms with Crippen LogP contribution >= 0.6 is 0 Å². The van der Waals surface area contributed by atoms with Gasteiger partial charge in [-0.25, -0.2) is 4.39 Å². The summed E-state index contributed by atoms with van der Waals surface area (Å²) in [6.07, 6.45) is 1.25. The first-order chi connectivity index (χ1) is 4.16. The summed E-state index contributed by atoms with van der Waals surface area (Å²) >= 11 is 0. The summed E-state index contributed by atoms with van der Waals surface area (Å²) in [4.78, 5) is 10.0. The van der Waals surface area contributed by atoms with Crippen LogP contribution in [-0.4, -0.2) is 12.6 Å². The van der Waals surface area contributed by atoms with Gasteiger partial charge in [0.05, 0.1) is 0 Å². The van der Waals surface area contributed by atoms with Gasteiger partial charge in [-0.3, -0.25) is 4.79 Å². The molecule has 0 fully saturated rings. The molecule has 3 heteroatoms. The molecule has 0 aliphatic heterocycles. The summed E-state index contributed by atoms with van der Waals surface area (Å²) in [6, 6.07) is 0. The quantitative estimate of drug-likeness (QED) is 0.531. The van der Waals surface area contributed by atoms with Crippen LogP contribution in [0, 0.1) is 0 Å². The highest BCUT2D eigenvalue weighted by Gasteiger charge is 1.94. The number of halogens is 1. The van der Waals surface area contributed by atoms with Crippen molar-refractivity contribution < 1.29 is 13.9 Å². The van der Waals surface area contributed by atoms with Gasteiger partial charge in [0.1, 0.15) is 12.4 Å². The summed E-state index contributed by atoms with van der Waals surface area (Å²) < 4.78 is 16.4. The Bertz CT molecular complexity index is 129. The Hall–Kier alpha value is -0.860. The first-order valence-corrected chi connectivity index (χ1v) is 2.61. The van der Waals surface area contributed by atoms with Crippen LogP contribution in [0.15, 0.2) is 11.9 Å². The minimum atomic E-state index is -0.466. The topological polar surface area (TPSA) is 26.3 Å². The van der Waals surface area contributed by atoms with Crippen molar-refractivity contribution in [3.05, 3.63) is 11.9 Å². The molecule has 52 valence electrons. The smallest absolute Gasteiger partial charge is 0.303 e. The second kappa shape index (κ2) is 4.06. The molecular weight excluding hydrogens is 123 g/mol. The molecule has 0 aromatic rings. The van der Waals surface area contributed by atoms with Crippen LogP contribution in [0.3, 0.4) is 0 Å². The molecule has 0 N–H and O–H groups in total. The molecule has 0 aromatic carbocycles. The number of carbonyl (C=O) groups is 1. The molecule has 0 aromatic heterocycles. The second-order valence-electron chi connectivity index (χ2n) is 1.52. The zero-order valence-electron chi connectivity index (χ0n) is 5.48. The molecule has 0 radical (unpaired) electrons. The Kier molecular flexibility index (Phi) is 3.67. The Balaban J connectivity index is 3.39. The first kappa shape index (κ1) is 8.14. The number of ether oxygens (including phenoxy) is 1. The molecule has 0 atom stereocenters. The molecule has 0 saturated carbocycles. The fourth-order valence-electron chi connectivity index (χ4n) is 0.254. The van der Waals surface area contributed by atoms with Gasteiger partial charge in [0, 0.05) is 6.92 Å². The van der Waals surface area contributed by atoms with E-state index < -0.39 is 11.8 Å². The molecule has 0 bridgehead atoms. The maximum absolute atomic E-state index is 12.1. The third-order valence-electron chi connectivity index (χ3n) is 0.727. The van der Waals surface area contributed by atoms with E-state index >= 15 is 0 Å². The Morgan fingerprint density at radius 3 is 2.67 bits per heavy atom. The van der Waals surface area contributed by atoms with Gasteiger partial charge in [0.15, 0.2) is 0 Å². The number of allylic oxidation sites excluding steroid dienone is 1. The monoisotopic (exact) mass is 132 g/mol. The molecule has 2 nitrogen and oxygen atoms in total. The lowest BCUT2D eigenvalue weighted by Gasteiger charge is -1.95. The number of esters is 1. The SMILES string of the molecule is C/C=C(\F)COC(C)=O. The van der Waals surface area contributed by atoms with Gasteiger partial charge in [-0.1, -0.05) is 6.08 Å². The Morgan fingerprint density at radius 1 is 1.78 bits per heavy atom. The van der Waals surface area contributed by atoms with E-state index in [1.165, 1.54) is 13.0 Å². The first-order valence-electron chi connectivity index (χ1n) is 2.61. The van der Waals surface area contributed by atoms with Crippen LogP contribution < -0.4 is 0 Å². The van der Waals surface area contributed by atoms with Crippen LogP contribution in [0.4, 0.5) is 4.39 Å². The lowest BCUT2D eigenvalue weighted by atomic mass is 10.5. The van der Waals surface area contributed by atoms with E-state index in [0.29, 0.717) is 0 Å². The molecule has 0 heterocycles. The van der Waals surface area contributed by atoms with Crippen molar-refractivity contribution in [1.29, 1.82) is 0 Å². The lowest BCUT2D eigenvalue weighted by molar-refractivity contribution is -0.140. The van der Waals surface area contributed by atoms with E-state index in [4.69, 9.17) is 0 Å². The predicted molar refractivity (Wildman–Crippen MR) is 31.5 cm³/mol. The minimum Gasteiger partial charge on any atom is -0.459 e. The van der Waals surface area contributed by atoms with Crippen LogP contribution in [-0.2, 0) is 9.53 Å². The highest BCUT2D eigenvalue weighted by molar-refractivity contribution is 5.66. The minimum absolute atomic E-state index is 0.244. The highest BCUT2D eigenvalue weighted by atomic mass is 19.1. The van der Waals surface area contributed by atoms with Crippen molar-refractivity contribution in [2.24, 2.45) is 0 Å². The van der Waals surface area contributed by atoms with Gasteiger partial charge in [-0.2, -0.15) is 0 Å². The molecule has 0 amide bonds. The van der Waals surface area contributed by atoms with Gasteiger partial charge >= 0.3 is 5.97 Å². The van der Waals surface area contributed by atoms with Gasteiger partial charge in [0.2, 0.25) is 0 Å². The molecular formula is C6H9FO2. The van der Waals surface area contributed by atoms with Crippen LogP contribution in [0.1, 0.15) is 13.8 Å². The molecule has 0 saturated heterocycles. The third-order valence-corrected chi connectivity index (χ3v) is 0.727. The summed E-state index contributed by atoms with van der Waals surface area (Å²) in [6.45, 7) is 2.54. The largest absolute Gasteiger partial charge is 0.459 e. The molecule has 0 rings (SSSR count). The standard InChI is InChI=1S/C6H9FO2/c1-3-6(7)4-9-5(2)8/h3H,4H2,1-2H3/b6-3-. The summed E-state index contributed by atoms with van der Waals surface area (Å²) in [5, 5.41) is 0. The lowest BCUT2D eigenvalue weighted by Crippen LogP contribution is -2.00. The summed E-state index contributed by atoms with van der Waals surface area (Å²) in [7, 11) is 0. The van der Waals surface area contributed by atoms with Crippen LogP contribution in [0.5, 0.6) is 0 Å². The number of rotatable bonds is 2. The number of carbonyl (C=O) groups excluding carboxylic acids is 1. The Morgan fingerprint density at radius 2 is 2.33 bits per heavy atom. The van der Waals surface area contributed by atoms with Crippen molar-refractivity contribution in [2.75, 3.05) is 6.61 Å². The number of hydrogen-bond acceptors (Lipinski definition) is 2. The van der Waals surface area contributed by atoms with E-state index in [2.05, 4.69) is 4.74 Å². The average molecular weight is 132 g/mol. The van der Waals surface area contributed by atoms with E-state index in [1.807, 2.05) is 0 Å². The fourth-order valence-corrected chi connectivity index (χ4v) is 0.254. The fraction of sp³-hybridized carbons (Fsp3) is 0.500. The highest BCUT2D eigenvalue weighted by Crippen LogP contribution is 1.95. The van der Waals surface area contributed by atoms with Gasteiger partial charge < -0.3 is 4.74 Å². The van der Waals surface area contributed by atoms with Crippen molar-refractivity contribution in [2.45, 2.75) is 13.8 Å². The van der Waals surface area contributed by atoms with E-state index in [-0.39, 0.29) is 6.61 Å². The molecule has 9 heavy (non-hydrogen) atoms. The van der Waals surface area contributed by atoms with Gasteiger partial charge in [-0.05, 0) is 6.92 Å². The molecule has 0 spiro atoms. The maximum Gasteiger partial charge on any atom is 0.303 e. The van der Waals surface area contributed by atoms with Gasteiger partial charge in [-0.15, -0.1) is 0 Å². The van der Waals surface area contributed by atoms with E-state index in [1.54, 1.807) is 6.92 Å². The van der Waals surface area contributed by atoms with Crippen molar-refractivity contribution in [3.63, 3.8) is 0 Å². The predicted octanol–water partition coefficient (Wildman–Crippen LogP) is 1.42. The van der Waals surface area contributed by atoms with Crippen LogP contribution in [0.2, 0.25) is 0 Å². The van der Waals surface area contributed by atoms with E-state index in [9.17, 15) is 9.18 Å². The average Bonchev–Trinajstić information content (AvgIpc) is 1.83. The zero-order valence-corrected chi connectivity index (χ0v) is 5.48.